The van der Waals surface area contributed by atoms with Gasteiger partial charge in [0.25, 0.3) is 0 Å². The van der Waals surface area contributed by atoms with Gasteiger partial charge in [-0.25, -0.2) is 0 Å². The van der Waals surface area contributed by atoms with E-state index in [1.54, 1.807) is 0 Å². The molecular weight excluding hydrogens is 388 g/mol. The van der Waals surface area contributed by atoms with Crippen LogP contribution >= 0.6 is 0 Å². The van der Waals surface area contributed by atoms with Crippen molar-refractivity contribution in [3.05, 3.63) is 96.6 Å². The predicted molar refractivity (Wildman–Crippen MR) is 128 cm³/mol. The van der Waals surface area contributed by atoms with E-state index < -0.39 is 16.6 Å². The molecule has 0 amide bonds. The molecule has 2 nitrogen and oxygen atoms in total. The zero-order valence-electron chi connectivity index (χ0n) is 18.0. The molecule has 3 aromatic carbocycles. The standard InChI is InChI=1S/C25H32O2Si2/c1-28(2,23-16-10-6-11-17-23)26-25(21-20-22-14-8-5-9-15-22)27-29(3,4)24-18-12-7-13-19-24/h5-19,25H,20-21H2,1-4H3. The maximum atomic E-state index is 6.75. The van der Waals surface area contributed by atoms with Crippen molar-refractivity contribution in [2.24, 2.45) is 0 Å². The smallest absolute Gasteiger partial charge is 0.221 e. The summed E-state index contributed by atoms with van der Waals surface area (Å²) in [5, 5.41) is 2.60. The van der Waals surface area contributed by atoms with Crippen LogP contribution in [0.1, 0.15) is 12.0 Å². The van der Waals surface area contributed by atoms with E-state index in [2.05, 4.69) is 117 Å². The van der Waals surface area contributed by atoms with Gasteiger partial charge >= 0.3 is 0 Å². The van der Waals surface area contributed by atoms with E-state index in [1.165, 1.54) is 15.9 Å². The van der Waals surface area contributed by atoms with E-state index in [1.807, 2.05) is 0 Å². The first-order chi connectivity index (χ1) is 13.9. The summed E-state index contributed by atoms with van der Waals surface area (Å²) < 4.78 is 13.5. The molecule has 0 aliphatic carbocycles. The lowest BCUT2D eigenvalue weighted by atomic mass is 10.1. The van der Waals surface area contributed by atoms with Crippen LogP contribution in [0.2, 0.25) is 26.2 Å². The van der Waals surface area contributed by atoms with Crippen molar-refractivity contribution < 1.29 is 8.85 Å². The number of aryl methyl sites for hydroxylation is 1. The fourth-order valence-electron chi connectivity index (χ4n) is 3.54. The second kappa shape index (κ2) is 9.68. The Morgan fingerprint density at radius 2 is 0.966 bits per heavy atom. The van der Waals surface area contributed by atoms with E-state index in [0.29, 0.717) is 0 Å². The van der Waals surface area contributed by atoms with Crippen molar-refractivity contribution in [3.8, 4) is 0 Å². The molecular formula is C25H32O2Si2. The molecule has 0 bridgehead atoms. The summed E-state index contributed by atoms with van der Waals surface area (Å²) >= 11 is 0. The van der Waals surface area contributed by atoms with Crippen LogP contribution in [0.3, 0.4) is 0 Å². The van der Waals surface area contributed by atoms with Crippen molar-refractivity contribution in [2.45, 2.75) is 45.3 Å². The highest BCUT2D eigenvalue weighted by Crippen LogP contribution is 2.19. The quantitative estimate of drug-likeness (QED) is 0.350. The van der Waals surface area contributed by atoms with Gasteiger partial charge in [0, 0.05) is 6.42 Å². The Kier molecular flexibility index (Phi) is 7.25. The van der Waals surface area contributed by atoms with Gasteiger partial charge < -0.3 is 8.85 Å². The zero-order valence-corrected chi connectivity index (χ0v) is 20.0. The zero-order chi connectivity index (χ0) is 20.7. The summed E-state index contributed by atoms with van der Waals surface area (Å²) in [7, 11) is -4.17. The van der Waals surface area contributed by atoms with Gasteiger partial charge in [0.1, 0.15) is 6.29 Å². The van der Waals surface area contributed by atoms with Gasteiger partial charge in [0.05, 0.1) is 0 Å². The topological polar surface area (TPSA) is 18.5 Å². The van der Waals surface area contributed by atoms with Gasteiger partial charge in [0.15, 0.2) is 0 Å². The van der Waals surface area contributed by atoms with Gasteiger partial charge in [-0.15, -0.1) is 0 Å². The van der Waals surface area contributed by atoms with Gasteiger partial charge in [-0.05, 0) is 48.5 Å². The highest BCUT2D eigenvalue weighted by atomic mass is 28.4. The molecule has 0 spiro atoms. The molecule has 0 saturated heterocycles. The molecule has 0 radical (unpaired) electrons. The van der Waals surface area contributed by atoms with Crippen LogP contribution in [0.4, 0.5) is 0 Å². The minimum absolute atomic E-state index is 0.209. The summed E-state index contributed by atoms with van der Waals surface area (Å²) in [5.74, 6) is 0. The lowest BCUT2D eigenvalue weighted by Gasteiger charge is -2.35. The number of rotatable bonds is 9. The molecule has 0 atom stereocenters. The van der Waals surface area contributed by atoms with Crippen molar-refractivity contribution in [3.63, 3.8) is 0 Å². The highest BCUT2D eigenvalue weighted by molar-refractivity contribution is 6.85. The van der Waals surface area contributed by atoms with Crippen molar-refractivity contribution in [1.82, 2.24) is 0 Å². The molecule has 0 aliphatic rings. The first-order valence-corrected chi connectivity index (χ1v) is 16.2. The molecule has 0 fully saturated rings. The highest BCUT2D eigenvalue weighted by Gasteiger charge is 2.34. The monoisotopic (exact) mass is 420 g/mol. The third-order valence-electron chi connectivity index (χ3n) is 5.30. The molecule has 3 aromatic rings. The van der Waals surface area contributed by atoms with Gasteiger partial charge in [-0.3, -0.25) is 0 Å². The van der Waals surface area contributed by atoms with Crippen LogP contribution in [0, 0.1) is 0 Å². The van der Waals surface area contributed by atoms with Gasteiger partial charge in [0.2, 0.25) is 16.6 Å². The first kappa shape index (κ1) is 21.7. The van der Waals surface area contributed by atoms with Gasteiger partial charge in [-0.2, -0.15) is 0 Å². The van der Waals surface area contributed by atoms with Crippen LogP contribution in [-0.4, -0.2) is 22.9 Å². The fourth-order valence-corrected chi connectivity index (χ4v) is 7.55. The maximum absolute atomic E-state index is 6.75. The second-order valence-corrected chi connectivity index (χ2v) is 16.1. The molecule has 29 heavy (non-hydrogen) atoms. The molecule has 0 unspecified atom stereocenters. The Morgan fingerprint density at radius 3 is 1.38 bits per heavy atom. The second-order valence-electron chi connectivity index (χ2n) is 8.44. The van der Waals surface area contributed by atoms with Crippen molar-refractivity contribution in [1.29, 1.82) is 0 Å². The Labute approximate surface area is 177 Å². The summed E-state index contributed by atoms with van der Waals surface area (Å²) in [6.45, 7) is 9.05. The maximum Gasteiger partial charge on any atom is 0.221 e. The first-order valence-electron chi connectivity index (χ1n) is 10.4. The Morgan fingerprint density at radius 1 is 0.586 bits per heavy atom. The molecule has 0 heterocycles. The molecule has 4 heteroatoms. The Bertz CT molecular complexity index is 812. The lowest BCUT2D eigenvalue weighted by Crippen LogP contribution is -2.53. The predicted octanol–water partition coefficient (Wildman–Crippen LogP) is 5.20. The van der Waals surface area contributed by atoms with E-state index in [9.17, 15) is 0 Å². The van der Waals surface area contributed by atoms with E-state index in [0.717, 1.165) is 12.8 Å². The molecule has 3 rings (SSSR count). The van der Waals surface area contributed by atoms with Crippen LogP contribution < -0.4 is 10.4 Å². The third kappa shape index (κ3) is 6.24. The summed E-state index contributed by atoms with van der Waals surface area (Å²) in [4.78, 5) is 0. The van der Waals surface area contributed by atoms with Crippen LogP contribution in [0.5, 0.6) is 0 Å². The van der Waals surface area contributed by atoms with E-state index in [4.69, 9.17) is 8.85 Å². The fraction of sp³-hybridized carbons (Fsp3) is 0.280. The SMILES string of the molecule is C[Si](C)(OC(CCc1ccccc1)O[Si](C)(C)c1ccccc1)c1ccccc1. The van der Waals surface area contributed by atoms with Crippen LogP contribution in [0.25, 0.3) is 0 Å². The molecule has 0 saturated carbocycles. The summed E-state index contributed by atoms with van der Waals surface area (Å²) in [6.07, 6.45) is 1.60. The Hall–Kier alpha value is -1.99. The number of hydrogen-bond acceptors (Lipinski definition) is 2. The number of hydrogen-bond donors (Lipinski definition) is 0. The van der Waals surface area contributed by atoms with Crippen LogP contribution in [-0.2, 0) is 15.3 Å². The summed E-state index contributed by atoms with van der Waals surface area (Å²) in [5.41, 5.74) is 1.32. The average Bonchev–Trinajstić information content (AvgIpc) is 2.74. The van der Waals surface area contributed by atoms with E-state index >= 15 is 0 Å². The third-order valence-corrected chi connectivity index (χ3v) is 10.5. The minimum Gasteiger partial charge on any atom is -0.389 e. The molecule has 0 N–H and O–H groups in total. The normalized spacial score (nSPS) is 12.3. The Balaban J connectivity index is 1.79. The van der Waals surface area contributed by atoms with Gasteiger partial charge in [-0.1, -0.05) is 91.0 Å². The minimum atomic E-state index is -2.08. The summed E-state index contributed by atoms with van der Waals surface area (Å²) in [6, 6.07) is 31.8. The van der Waals surface area contributed by atoms with Crippen molar-refractivity contribution in [2.75, 3.05) is 0 Å². The molecule has 0 aliphatic heterocycles. The lowest BCUT2D eigenvalue weighted by molar-refractivity contribution is -0.0105. The average molecular weight is 421 g/mol. The van der Waals surface area contributed by atoms with Crippen LogP contribution in [0.15, 0.2) is 91.0 Å². The van der Waals surface area contributed by atoms with Crippen molar-refractivity contribution >= 4 is 27.0 Å². The largest absolute Gasteiger partial charge is 0.389 e. The van der Waals surface area contributed by atoms with E-state index in [-0.39, 0.29) is 6.29 Å². The molecule has 0 aromatic heterocycles. The molecule has 152 valence electrons. The number of benzene rings is 3.